The van der Waals surface area contributed by atoms with Crippen molar-refractivity contribution in [1.29, 1.82) is 0 Å². The minimum absolute atomic E-state index is 0.0292. The zero-order valence-electron chi connectivity index (χ0n) is 12.6. The summed E-state index contributed by atoms with van der Waals surface area (Å²) in [6, 6.07) is 15.4. The third kappa shape index (κ3) is 3.67. The van der Waals surface area contributed by atoms with Crippen molar-refractivity contribution in [3.05, 3.63) is 60.7 Å². The molecule has 2 unspecified atom stereocenters. The molecule has 128 valence electrons. The van der Waals surface area contributed by atoms with Crippen LogP contribution in [0.4, 0.5) is 0 Å². The molecule has 2 aromatic carbocycles. The number of rotatable bonds is 6. The lowest BCUT2D eigenvalue weighted by Gasteiger charge is -2.34. The zero-order chi connectivity index (χ0) is 17.2. The molecular weight excluding hydrogens is 352 g/mol. The average Bonchev–Trinajstić information content (AvgIpc) is 2.59. The van der Waals surface area contributed by atoms with Gasteiger partial charge in [0.1, 0.15) is 12.2 Å². The van der Waals surface area contributed by atoms with E-state index >= 15 is 0 Å². The molecule has 0 N–H and O–H groups in total. The second-order valence-electron chi connectivity index (χ2n) is 5.38. The Hall–Kier alpha value is -1.74. The predicted molar refractivity (Wildman–Crippen MR) is 86.2 cm³/mol. The third-order valence-electron chi connectivity index (χ3n) is 3.71. The average molecular weight is 368 g/mol. The lowest BCUT2D eigenvalue weighted by Crippen LogP contribution is -2.43. The van der Waals surface area contributed by atoms with Gasteiger partial charge in [-0.15, -0.1) is 0 Å². The number of hydrogen-bond acceptors (Lipinski definition) is 6. The highest BCUT2D eigenvalue weighted by Crippen LogP contribution is 2.32. The molecule has 0 spiro atoms. The van der Waals surface area contributed by atoms with E-state index in [2.05, 4.69) is 0 Å². The molecule has 0 aromatic heterocycles. The van der Waals surface area contributed by atoms with Gasteiger partial charge < -0.3 is 0 Å². The summed E-state index contributed by atoms with van der Waals surface area (Å²) in [7, 11) is -7.90. The standard InChI is InChI=1S/C16H16O6S2/c17-23(18,13-7-3-1-4-8-13)21-15-11-12-16(15)22-24(19,20)14-9-5-2-6-10-14/h1-10,15-16H,11-12H2. The van der Waals surface area contributed by atoms with E-state index in [-0.39, 0.29) is 9.79 Å². The highest BCUT2D eigenvalue weighted by molar-refractivity contribution is 7.87. The van der Waals surface area contributed by atoms with Crippen LogP contribution in [-0.2, 0) is 28.6 Å². The molecule has 8 heteroatoms. The summed E-state index contributed by atoms with van der Waals surface area (Å²) in [6.07, 6.45) is -0.787. The molecule has 0 aliphatic heterocycles. The second kappa shape index (κ2) is 6.64. The molecule has 0 amide bonds. The van der Waals surface area contributed by atoms with Crippen molar-refractivity contribution in [2.24, 2.45) is 0 Å². The van der Waals surface area contributed by atoms with Gasteiger partial charge in [-0.25, -0.2) is 0 Å². The maximum atomic E-state index is 12.2. The van der Waals surface area contributed by atoms with Crippen molar-refractivity contribution in [1.82, 2.24) is 0 Å². The minimum atomic E-state index is -3.95. The molecule has 0 saturated heterocycles. The molecule has 1 fully saturated rings. The molecule has 2 atom stereocenters. The first-order valence-corrected chi connectivity index (χ1v) is 10.2. The summed E-state index contributed by atoms with van der Waals surface area (Å²) in [6.45, 7) is 0. The van der Waals surface area contributed by atoms with Crippen LogP contribution in [0.5, 0.6) is 0 Å². The first kappa shape index (κ1) is 17.1. The molecule has 24 heavy (non-hydrogen) atoms. The van der Waals surface area contributed by atoms with Gasteiger partial charge in [-0.3, -0.25) is 8.37 Å². The number of hydrogen-bond donors (Lipinski definition) is 0. The summed E-state index contributed by atoms with van der Waals surface area (Å²) >= 11 is 0. The van der Waals surface area contributed by atoms with Gasteiger partial charge in [0.15, 0.2) is 0 Å². The minimum Gasteiger partial charge on any atom is -0.260 e. The Balaban J connectivity index is 1.70. The Kier molecular flexibility index (Phi) is 4.73. The van der Waals surface area contributed by atoms with Crippen molar-refractivity contribution < 1.29 is 25.2 Å². The van der Waals surface area contributed by atoms with Crippen LogP contribution in [0.15, 0.2) is 70.5 Å². The molecular formula is C16H16O6S2. The Morgan fingerprint density at radius 3 is 1.25 bits per heavy atom. The maximum Gasteiger partial charge on any atom is 0.297 e. The summed E-state index contributed by atoms with van der Waals surface area (Å²) in [5.74, 6) is 0. The van der Waals surface area contributed by atoms with Gasteiger partial charge in [-0.2, -0.15) is 16.8 Å². The SMILES string of the molecule is O=S(=O)(OC1CCC1OS(=O)(=O)c1ccccc1)c1ccccc1. The van der Waals surface area contributed by atoms with Gasteiger partial charge in [0.2, 0.25) is 0 Å². The summed E-state index contributed by atoms with van der Waals surface area (Å²) < 4.78 is 59.0. The topological polar surface area (TPSA) is 86.7 Å². The van der Waals surface area contributed by atoms with E-state index in [1.54, 1.807) is 36.4 Å². The van der Waals surface area contributed by atoms with E-state index < -0.39 is 32.4 Å². The molecule has 2 aromatic rings. The Morgan fingerprint density at radius 2 is 0.958 bits per heavy atom. The fourth-order valence-corrected chi connectivity index (χ4v) is 4.56. The smallest absolute Gasteiger partial charge is 0.260 e. The fraction of sp³-hybridized carbons (Fsp3) is 0.250. The van der Waals surface area contributed by atoms with Crippen LogP contribution in [0.25, 0.3) is 0 Å². The Morgan fingerprint density at radius 1 is 0.625 bits per heavy atom. The highest BCUT2D eigenvalue weighted by atomic mass is 32.2. The normalized spacial score (nSPS) is 21.2. The summed E-state index contributed by atoms with van der Waals surface area (Å²) in [5, 5.41) is 0. The first-order valence-electron chi connectivity index (χ1n) is 7.35. The van der Waals surface area contributed by atoms with Crippen molar-refractivity contribution in [2.75, 3.05) is 0 Å². The van der Waals surface area contributed by atoms with Gasteiger partial charge in [-0.05, 0) is 37.1 Å². The van der Waals surface area contributed by atoms with E-state index in [4.69, 9.17) is 8.37 Å². The highest BCUT2D eigenvalue weighted by Gasteiger charge is 2.40. The molecule has 0 heterocycles. The van der Waals surface area contributed by atoms with Crippen LogP contribution in [0.1, 0.15) is 12.8 Å². The lowest BCUT2D eigenvalue weighted by molar-refractivity contribution is -0.0122. The van der Waals surface area contributed by atoms with Crippen LogP contribution in [0.3, 0.4) is 0 Å². The van der Waals surface area contributed by atoms with Crippen LogP contribution in [0, 0.1) is 0 Å². The second-order valence-corrected chi connectivity index (χ2v) is 8.53. The van der Waals surface area contributed by atoms with Gasteiger partial charge in [0, 0.05) is 0 Å². The summed E-state index contributed by atoms with van der Waals surface area (Å²) in [5.41, 5.74) is 0. The van der Waals surface area contributed by atoms with Crippen molar-refractivity contribution in [3.63, 3.8) is 0 Å². The van der Waals surface area contributed by atoms with Gasteiger partial charge in [0.25, 0.3) is 20.2 Å². The molecule has 1 aliphatic carbocycles. The zero-order valence-corrected chi connectivity index (χ0v) is 14.2. The van der Waals surface area contributed by atoms with Crippen LogP contribution >= 0.6 is 0 Å². The van der Waals surface area contributed by atoms with E-state index in [0.29, 0.717) is 12.8 Å². The van der Waals surface area contributed by atoms with Crippen molar-refractivity contribution >= 4 is 20.2 Å². The molecule has 3 rings (SSSR count). The molecule has 6 nitrogen and oxygen atoms in total. The Bertz CT molecular complexity index is 815. The van der Waals surface area contributed by atoms with Crippen molar-refractivity contribution in [2.45, 2.75) is 34.8 Å². The van der Waals surface area contributed by atoms with Gasteiger partial charge in [-0.1, -0.05) is 36.4 Å². The molecule has 1 aliphatic rings. The van der Waals surface area contributed by atoms with E-state index in [1.165, 1.54) is 24.3 Å². The molecule has 0 bridgehead atoms. The number of benzene rings is 2. The lowest BCUT2D eigenvalue weighted by atomic mass is 9.93. The van der Waals surface area contributed by atoms with E-state index in [9.17, 15) is 16.8 Å². The van der Waals surface area contributed by atoms with Crippen LogP contribution in [-0.4, -0.2) is 29.0 Å². The fourth-order valence-electron chi connectivity index (χ4n) is 2.27. The van der Waals surface area contributed by atoms with Crippen LogP contribution < -0.4 is 0 Å². The third-order valence-corrected chi connectivity index (χ3v) is 6.41. The first-order chi connectivity index (χ1) is 11.4. The molecule has 0 radical (unpaired) electrons. The van der Waals surface area contributed by atoms with Gasteiger partial charge in [0.05, 0.1) is 9.79 Å². The Labute approximate surface area is 141 Å². The van der Waals surface area contributed by atoms with E-state index in [0.717, 1.165) is 0 Å². The quantitative estimate of drug-likeness (QED) is 0.728. The predicted octanol–water partition coefficient (Wildman–Crippen LogP) is 2.33. The maximum absolute atomic E-state index is 12.2. The summed E-state index contributed by atoms with van der Waals surface area (Å²) in [4.78, 5) is 0.0585. The van der Waals surface area contributed by atoms with Crippen LogP contribution in [0.2, 0.25) is 0 Å². The monoisotopic (exact) mass is 368 g/mol. The largest absolute Gasteiger partial charge is 0.297 e. The van der Waals surface area contributed by atoms with Crippen molar-refractivity contribution in [3.8, 4) is 0 Å². The van der Waals surface area contributed by atoms with E-state index in [1.807, 2.05) is 0 Å². The van der Waals surface area contributed by atoms with Gasteiger partial charge >= 0.3 is 0 Å². The molecule has 1 saturated carbocycles.